The van der Waals surface area contributed by atoms with Gasteiger partial charge in [0.05, 0.1) is 11.0 Å². The summed E-state index contributed by atoms with van der Waals surface area (Å²) in [5, 5.41) is 11.1. The van der Waals surface area contributed by atoms with Gasteiger partial charge in [-0.1, -0.05) is 71.2 Å². The van der Waals surface area contributed by atoms with E-state index in [1.807, 2.05) is 19.1 Å². The number of phenols is 1. The molecule has 2 aromatic carbocycles. The number of benzene rings is 2. The number of hydrogen-bond donors (Lipinski definition) is 2. The number of unbranched alkanes of at least 4 members (excludes halogenated alkanes) is 3. The fourth-order valence-electron chi connectivity index (χ4n) is 5.10. The first kappa shape index (κ1) is 27.9. The molecule has 0 aliphatic rings. The number of nitrogen functional groups attached to an aromatic ring is 1. The van der Waals surface area contributed by atoms with Gasteiger partial charge in [0, 0.05) is 31.6 Å². The Balaban J connectivity index is 1.72. The molecule has 0 spiro atoms. The van der Waals surface area contributed by atoms with E-state index in [2.05, 4.69) is 50.5 Å². The Morgan fingerprint density at radius 1 is 0.974 bits per heavy atom. The van der Waals surface area contributed by atoms with Crippen LogP contribution in [0.4, 0.5) is 5.82 Å². The number of rotatable bonds is 13. The molecule has 3 N–H and O–H groups in total. The molecule has 4 aromatic rings. The van der Waals surface area contributed by atoms with Crippen LogP contribution in [0.2, 0.25) is 0 Å². The van der Waals surface area contributed by atoms with Gasteiger partial charge in [0.15, 0.2) is 5.82 Å². The Labute approximate surface area is 227 Å². The molecule has 0 saturated heterocycles. The second kappa shape index (κ2) is 12.2. The van der Waals surface area contributed by atoms with E-state index in [4.69, 9.17) is 20.4 Å². The van der Waals surface area contributed by atoms with Crippen LogP contribution >= 0.6 is 0 Å². The summed E-state index contributed by atoms with van der Waals surface area (Å²) in [6.45, 7) is 13.1. The minimum atomic E-state index is -0.0412. The molecule has 38 heavy (non-hydrogen) atoms. The number of fused-ring (bicyclic) bond motifs is 3. The molecule has 6 nitrogen and oxygen atoms in total. The van der Waals surface area contributed by atoms with Crippen LogP contribution < -0.4 is 5.73 Å². The number of pyridine rings is 1. The molecule has 204 valence electrons. The Bertz CT molecular complexity index is 1390. The van der Waals surface area contributed by atoms with Gasteiger partial charge >= 0.3 is 0 Å². The Morgan fingerprint density at radius 3 is 2.50 bits per heavy atom. The molecule has 0 radical (unpaired) electrons. The standard InChI is InChI=1S/C32H44N4O2/c1-6-8-10-17-38-18-16-32(4,5)24-13-14-25-26(20-24)34-31(33)29-30(25)36(28(35-29)11-9-7-2)21-23-12-15-27(37)22(3)19-23/h12-15,19-20,37H,6-11,16-18,21H2,1-5H3,(H2,33,34). The van der Waals surface area contributed by atoms with Gasteiger partial charge in [-0.05, 0) is 60.4 Å². The third-order valence-electron chi connectivity index (χ3n) is 7.68. The quantitative estimate of drug-likeness (QED) is 0.180. The summed E-state index contributed by atoms with van der Waals surface area (Å²) in [7, 11) is 0. The van der Waals surface area contributed by atoms with Crippen molar-refractivity contribution in [3.8, 4) is 5.75 Å². The molecule has 0 aliphatic carbocycles. The maximum absolute atomic E-state index is 10.0. The summed E-state index contributed by atoms with van der Waals surface area (Å²) in [5.41, 5.74) is 12.4. The van der Waals surface area contributed by atoms with Gasteiger partial charge in [-0.25, -0.2) is 9.97 Å². The van der Waals surface area contributed by atoms with E-state index in [0.29, 0.717) is 18.1 Å². The van der Waals surface area contributed by atoms with E-state index in [-0.39, 0.29) is 5.41 Å². The fourth-order valence-corrected chi connectivity index (χ4v) is 5.10. The van der Waals surface area contributed by atoms with Crippen molar-refractivity contribution in [1.29, 1.82) is 0 Å². The molecular weight excluding hydrogens is 472 g/mol. The summed E-state index contributed by atoms with van der Waals surface area (Å²) >= 11 is 0. The maximum atomic E-state index is 10.0. The summed E-state index contributed by atoms with van der Waals surface area (Å²) in [4.78, 5) is 9.80. The van der Waals surface area contributed by atoms with Crippen molar-refractivity contribution in [2.45, 2.75) is 91.5 Å². The summed E-state index contributed by atoms with van der Waals surface area (Å²) in [5.74, 6) is 1.81. The fraction of sp³-hybridized carbons (Fsp3) is 0.500. The van der Waals surface area contributed by atoms with E-state index in [0.717, 1.165) is 84.2 Å². The number of nitrogens with zero attached hydrogens (tertiary/aromatic N) is 3. The SMILES string of the molecule is CCCCCOCCC(C)(C)c1ccc2c(c1)nc(N)c1nc(CCCC)n(Cc3ccc(O)c(C)c3)c12. The highest BCUT2D eigenvalue weighted by molar-refractivity contribution is 6.06. The average molecular weight is 517 g/mol. The molecule has 0 unspecified atom stereocenters. The van der Waals surface area contributed by atoms with Crippen LogP contribution in [0, 0.1) is 6.92 Å². The van der Waals surface area contributed by atoms with Crippen molar-refractivity contribution in [3.05, 3.63) is 58.9 Å². The van der Waals surface area contributed by atoms with Crippen LogP contribution in [0.15, 0.2) is 36.4 Å². The van der Waals surface area contributed by atoms with E-state index >= 15 is 0 Å². The molecule has 0 atom stereocenters. The highest BCUT2D eigenvalue weighted by atomic mass is 16.5. The highest BCUT2D eigenvalue weighted by Crippen LogP contribution is 2.34. The highest BCUT2D eigenvalue weighted by Gasteiger charge is 2.23. The molecule has 4 rings (SSSR count). The topological polar surface area (TPSA) is 86.2 Å². The van der Waals surface area contributed by atoms with Crippen molar-refractivity contribution in [2.75, 3.05) is 18.9 Å². The zero-order valence-corrected chi connectivity index (χ0v) is 23.8. The van der Waals surface area contributed by atoms with Crippen LogP contribution in [0.5, 0.6) is 5.75 Å². The molecule has 0 saturated carbocycles. The van der Waals surface area contributed by atoms with Gasteiger partial charge in [0.1, 0.15) is 17.1 Å². The van der Waals surface area contributed by atoms with Crippen molar-refractivity contribution in [2.24, 2.45) is 0 Å². The van der Waals surface area contributed by atoms with Crippen molar-refractivity contribution in [1.82, 2.24) is 14.5 Å². The predicted molar refractivity (Wildman–Crippen MR) is 158 cm³/mol. The smallest absolute Gasteiger partial charge is 0.152 e. The second-order valence-electron chi connectivity index (χ2n) is 11.2. The van der Waals surface area contributed by atoms with Crippen LogP contribution in [0.1, 0.15) is 88.7 Å². The van der Waals surface area contributed by atoms with Crippen LogP contribution in [-0.2, 0) is 23.1 Å². The number of ether oxygens (including phenoxy) is 1. The summed E-state index contributed by atoms with van der Waals surface area (Å²) < 4.78 is 8.22. The minimum absolute atomic E-state index is 0.0412. The number of nitrogens with two attached hydrogens (primary N) is 1. The normalized spacial score (nSPS) is 12.1. The maximum Gasteiger partial charge on any atom is 0.152 e. The Hall–Kier alpha value is -3.12. The number of anilines is 1. The van der Waals surface area contributed by atoms with Gasteiger partial charge in [-0.15, -0.1) is 0 Å². The third-order valence-corrected chi connectivity index (χ3v) is 7.68. The first-order valence-electron chi connectivity index (χ1n) is 14.2. The average Bonchev–Trinajstić information content (AvgIpc) is 3.25. The third kappa shape index (κ3) is 6.12. The zero-order valence-electron chi connectivity index (χ0n) is 23.8. The second-order valence-corrected chi connectivity index (χ2v) is 11.2. The van der Waals surface area contributed by atoms with Crippen LogP contribution in [0.25, 0.3) is 21.9 Å². The number of hydrogen-bond acceptors (Lipinski definition) is 5. The molecule has 6 heteroatoms. The van der Waals surface area contributed by atoms with Crippen molar-refractivity contribution >= 4 is 27.8 Å². The molecule has 0 fully saturated rings. The monoisotopic (exact) mass is 516 g/mol. The largest absolute Gasteiger partial charge is 0.508 e. The number of imidazole rings is 1. The van der Waals surface area contributed by atoms with E-state index < -0.39 is 0 Å². The number of aromatic hydroxyl groups is 1. The molecular formula is C32H44N4O2. The first-order valence-corrected chi connectivity index (χ1v) is 14.2. The van der Waals surface area contributed by atoms with Gasteiger partial charge in [0.2, 0.25) is 0 Å². The van der Waals surface area contributed by atoms with Gasteiger partial charge in [-0.3, -0.25) is 0 Å². The number of aryl methyl sites for hydroxylation is 2. The lowest BCUT2D eigenvalue weighted by Gasteiger charge is -2.25. The molecule has 2 heterocycles. The van der Waals surface area contributed by atoms with Crippen molar-refractivity contribution in [3.63, 3.8) is 0 Å². The molecule has 0 aliphatic heterocycles. The van der Waals surface area contributed by atoms with Gasteiger partial charge in [-0.2, -0.15) is 0 Å². The molecule has 0 amide bonds. The van der Waals surface area contributed by atoms with Crippen molar-refractivity contribution < 1.29 is 9.84 Å². The predicted octanol–water partition coefficient (Wildman–Crippen LogP) is 7.45. The van der Waals surface area contributed by atoms with E-state index in [9.17, 15) is 5.11 Å². The van der Waals surface area contributed by atoms with Crippen LogP contribution in [0.3, 0.4) is 0 Å². The first-order chi connectivity index (χ1) is 18.2. The van der Waals surface area contributed by atoms with Gasteiger partial charge < -0.3 is 20.1 Å². The minimum Gasteiger partial charge on any atom is -0.508 e. The van der Waals surface area contributed by atoms with Crippen LogP contribution in [-0.4, -0.2) is 32.9 Å². The zero-order chi connectivity index (χ0) is 27.3. The summed E-state index contributed by atoms with van der Waals surface area (Å²) in [6, 6.07) is 12.4. The molecule has 2 aromatic heterocycles. The summed E-state index contributed by atoms with van der Waals surface area (Å²) in [6.07, 6.45) is 7.54. The lowest BCUT2D eigenvalue weighted by molar-refractivity contribution is 0.115. The lowest BCUT2D eigenvalue weighted by Crippen LogP contribution is -2.20. The Morgan fingerprint density at radius 2 is 1.76 bits per heavy atom. The van der Waals surface area contributed by atoms with Gasteiger partial charge in [0.25, 0.3) is 0 Å². The van der Waals surface area contributed by atoms with E-state index in [1.54, 1.807) is 6.07 Å². The van der Waals surface area contributed by atoms with E-state index in [1.165, 1.54) is 18.4 Å². The number of phenolic OH excluding ortho intramolecular Hbond substituents is 1. The molecule has 0 bridgehead atoms. The number of aromatic nitrogens is 3. The Kier molecular flexibility index (Phi) is 8.93. The lowest BCUT2D eigenvalue weighted by atomic mass is 9.81.